The minimum atomic E-state index is -0.331. The molecular weight excluding hydrogens is 362 g/mol. The highest BCUT2D eigenvalue weighted by Crippen LogP contribution is 2.20. The molecule has 0 aliphatic heterocycles. The molecule has 3 aromatic rings. The van der Waals surface area contributed by atoms with Gasteiger partial charge in [0.1, 0.15) is 17.5 Å². The topological polar surface area (TPSA) is 63.6 Å². The van der Waals surface area contributed by atoms with Crippen LogP contribution in [-0.2, 0) is 0 Å². The molecule has 2 aromatic carbocycles. The van der Waals surface area contributed by atoms with Crippen molar-refractivity contribution in [3.63, 3.8) is 0 Å². The first-order chi connectivity index (χ1) is 13.1. The standard InChI is InChI=1S/C21H18ClN3O2/c1-3-10-27-18-8-6-15(7-9-18)21(26)25-23-13-17-12-16-5-4-14(2)11-19(16)24-20(17)22/h3-9,11-13H,1,10H2,2H3,(H,25,26). The van der Waals surface area contributed by atoms with E-state index in [1.54, 1.807) is 30.3 Å². The maximum Gasteiger partial charge on any atom is 0.271 e. The van der Waals surface area contributed by atoms with Gasteiger partial charge in [0.25, 0.3) is 5.91 Å². The Morgan fingerprint density at radius 2 is 2.04 bits per heavy atom. The number of pyridine rings is 1. The fourth-order valence-electron chi connectivity index (χ4n) is 2.44. The molecule has 0 spiro atoms. The van der Waals surface area contributed by atoms with E-state index in [4.69, 9.17) is 16.3 Å². The molecular formula is C21H18ClN3O2. The lowest BCUT2D eigenvalue weighted by molar-refractivity contribution is 0.0955. The summed E-state index contributed by atoms with van der Waals surface area (Å²) in [5.41, 5.74) is 5.51. The highest BCUT2D eigenvalue weighted by molar-refractivity contribution is 6.32. The highest BCUT2D eigenvalue weighted by Gasteiger charge is 2.06. The Hall–Kier alpha value is -3.18. The first kappa shape index (κ1) is 18.6. The minimum absolute atomic E-state index is 0.329. The number of amides is 1. The molecule has 1 N–H and O–H groups in total. The number of halogens is 1. The molecule has 0 saturated heterocycles. The molecule has 0 aliphatic rings. The summed E-state index contributed by atoms with van der Waals surface area (Å²) in [6.07, 6.45) is 3.14. The van der Waals surface area contributed by atoms with E-state index in [1.165, 1.54) is 6.21 Å². The van der Waals surface area contributed by atoms with Crippen LogP contribution in [0.15, 0.2) is 66.3 Å². The molecule has 0 unspecified atom stereocenters. The number of carbonyl (C=O) groups is 1. The molecule has 0 fully saturated rings. The van der Waals surface area contributed by atoms with E-state index < -0.39 is 0 Å². The van der Waals surface area contributed by atoms with Crippen LogP contribution in [0, 0.1) is 6.92 Å². The molecule has 1 amide bonds. The summed E-state index contributed by atoms with van der Waals surface area (Å²) in [7, 11) is 0. The number of nitrogens with one attached hydrogen (secondary N) is 1. The lowest BCUT2D eigenvalue weighted by atomic mass is 10.1. The van der Waals surface area contributed by atoms with E-state index in [9.17, 15) is 4.79 Å². The van der Waals surface area contributed by atoms with Crippen molar-refractivity contribution in [1.82, 2.24) is 10.4 Å². The van der Waals surface area contributed by atoms with Crippen molar-refractivity contribution in [2.24, 2.45) is 5.10 Å². The molecule has 0 saturated carbocycles. The maximum absolute atomic E-state index is 12.2. The van der Waals surface area contributed by atoms with Crippen LogP contribution in [0.1, 0.15) is 21.5 Å². The Kier molecular flexibility index (Phi) is 5.84. The van der Waals surface area contributed by atoms with Gasteiger partial charge in [0.2, 0.25) is 0 Å². The van der Waals surface area contributed by atoms with Crippen LogP contribution < -0.4 is 10.2 Å². The number of fused-ring (bicyclic) bond motifs is 1. The normalized spacial score (nSPS) is 10.9. The van der Waals surface area contributed by atoms with Crippen molar-refractivity contribution in [3.05, 3.63) is 83.0 Å². The molecule has 0 atom stereocenters. The number of aromatic nitrogens is 1. The Balaban J connectivity index is 1.68. The van der Waals surface area contributed by atoms with Crippen molar-refractivity contribution < 1.29 is 9.53 Å². The molecule has 27 heavy (non-hydrogen) atoms. The summed E-state index contributed by atoms with van der Waals surface area (Å²) in [6, 6.07) is 14.6. The number of carbonyl (C=O) groups excluding carboxylic acids is 1. The molecule has 1 aromatic heterocycles. The Labute approximate surface area is 162 Å². The van der Waals surface area contributed by atoms with E-state index in [1.807, 2.05) is 31.2 Å². The second kappa shape index (κ2) is 8.47. The van der Waals surface area contributed by atoms with Crippen molar-refractivity contribution in [2.75, 3.05) is 6.61 Å². The molecule has 136 valence electrons. The Morgan fingerprint density at radius 3 is 2.78 bits per heavy atom. The highest BCUT2D eigenvalue weighted by atomic mass is 35.5. The molecule has 1 heterocycles. The summed E-state index contributed by atoms with van der Waals surface area (Å²) >= 11 is 6.21. The zero-order valence-electron chi connectivity index (χ0n) is 14.8. The number of hydrogen-bond acceptors (Lipinski definition) is 4. The predicted molar refractivity (Wildman–Crippen MR) is 109 cm³/mol. The fraction of sp³-hybridized carbons (Fsp3) is 0.0952. The van der Waals surface area contributed by atoms with Crippen LogP contribution in [0.3, 0.4) is 0 Å². The van der Waals surface area contributed by atoms with Gasteiger partial charge < -0.3 is 4.74 Å². The van der Waals surface area contributed by atoms with Gasteiger partial charge in [0, 0.05) is 16.5 Å². The van der Waals surface area contributed by atoms with Gasteiger partial charge in [-0.2, -0.15) is 5.10 Å². The molecule has 3 rings (SSSR count). The zero-order valence-corrected chi connectivity index (χ0v) is 15.5. The van der Waals surface area contributed by atoms with E-state index in [-0.39, 0.29) is 5.91 Å². The first-order valence-electron chi connectivity index (χ1n) is 8.31. The van der Waals surface area contributed by atoms with Crippen LogP contribution >= 0.6 is 11.6 Å². The number of hydrogen-bond donors (Lipinski definition) is 1. The third-order valence-electron chi connectivity index (χ3n) is 3.81. The summed E-state index contributed by atoms with van der Waals surface area (Å²) in [5, 5.41) is 5.26. The van der Waals surface area contributed by atoms with Gasteiger partial charge in [-0.1, -0.05) is 36.4 Å². The predicted octanol–water partition coefficient (Wildman–Crippen LogP) is 4.53. The zero-order chi connectivity index (χ0) is 19.2. The van der Waals surface area contributed by atoms with Gasteiger partial charge in [-0.3, -0.25) is 4.79 Å². The van der Waals surface area contributed by atoms with Crippen molar-refractivity contribution in [1.29, 1.82) is 0 Å². The number of aryl methyl sites for hydroxylation is 1. The summed E-state index contributed by atoms with van der Waals surface area (Å²) in [6.45, 7) is 6.00. The largest absolute Gasteiger partial charge is 0.490 e. The van der Waals surface area contributed by atoms with Gasteiger partial charge in [0.05, 0.1) is 11.7 Å². The second-order valence-electron chi connectivity index (χ2n) is 5.89. The lowest BCUT2D eigenvalue weighted by Gasteiger charge is -2.05. The maximum atomic E-state index is 12.2. The molecule has 5 nitrogen and oxygen atoms in total. The molecule has 0 aliphatic carbocycles. The SMILES string of the molecule is C=CCOc1ccc(C(=O)NN=Cc2cc3ccc(C)cc3nc2Cl)cc1. The third-order valence-corrected chi connectivity index (χ3v) is 4.11. The number of benzene rings is 2. The monoisotopic (exact) mass is 379 g/mol. The summed E-state index contributed by atoms with van der Waals surface area (Å²) in [5.74, 6) is 0.334. The van der Waals surface area contributed by atoms with Gasteiger partial charge >= 0.3 is 0 Å². The van der Waals surface area contributed by atoms with Gasteiger partial charge in [-0.05, 0) is 48.9 Å². The van der Waals surface area contributed by atoms with E-state index in [0.717, 1.165) is 16.5 Å². The van der Waals surface area contributed by atoms with Crippen molar-refractivity contribution in [3.8, 4) is 5.75 Å². The summed E-state index contributed by atoms with van der Waals surface area (Å²) in [4.78, 5) is 16.5. The van der Waals surface area contributed by atoms with Crippen LogP contribution in [0.25, 0.3) is 10.9 Å². The summed E-state index contributed by atoms with van der Waals surface area (Å²) < 4.78 is 5.38. The minimum Gasteiger partial charge on any atom is -0.490 e. The van der Waals surface area contributed by atoms with E-state index in [2.05, 4.69) is 22.1 Å². The van der Waals surface area contributed by atoms with Crippen molar-refractivity contribution in [2.45, 2.75) is 6.92 Å². The second-order valence-corrected chi connectivity index (χ2v) is 6.25. The van der Waals surface area contributed by atoms with E-state index in [0.29, 0.717) is 28.6 Å². The van der Waals surface area contributed by atoms with Gasteiger partial charge in [-0.15, -0.1) is 0 Å². The first-order valence-corrected chi connectivity index (χ1v) is 8.68. The molecule has 0 bridgehead atoms. The van der Waals surface area contributed by atoms with Crippen LogP contribution in [0.5, 0.6) is 5.75 Å². The van der Waals surface area contributed by atoms with E-state index >= 15 is 0 Å². The fourth-order valence-corrected chi connectivity index (χ4v) is 2.64. The van der Waals surface area contributed by atoms with Crippen molar-refractivity contribution >= 4 is 34.6 Å². The van der Waals surface area contributed by atoms with Crippen LogP contribution in [-0.4, -0.2) is 23.7 Å². The lowest BCUT2D eigenvalue weighted by Crippen LogP contribution is -2.17. The molecule has 6 heteroatoms. The molecule has 0 radical (unpaired) electrons. The average Bonchev–Trinajstić information content (AvgIpc) is 2.67. The Bertz CT molecular complexity index is 1010. The van der Waals surface area contributed by atoms with Crippen LogP contribution in [0.4, 0.5) is 0 Å². The quantitative estimate of drug-likeness (QED) is 0.296. The number of rotatable bonds is 6. The average molecular weight is 380 g/mol. The van der Waals surface area contributed by atoms with Gasteiger partial charge in [0.15, 0.2) is 0 Å². The number of hydrazone groups is 1. The van der Waals surface area contributed by atoms with Gasteiger partial charge in [-0.25, -0.2) is 10.4 Å². The third kappa shape index (κ3) is 4.71. The number of ether oxygens (including phenoxy) is 1. The van der Waals surface area contributed by atoms with Crippen LogP contribution in [0.2, 0.25) is 5.15 Å². The number of nitrogens with zero attached hydrogens (tertiary/aromatic N) is 2. The Morgan fingerprint density at radius 1 is 1.26 bits per heavy atom. The smallest absolute Gasteiger partial charge is 0.271 e.